The third-order valence-corrected chi connectivity index (χ3v) is 4.55. The van der Waals surface area contributed by atoms with Crippen LogP contribution in [0.4, 0.5) is 13.2 Å². The summed E-state index contributed by atoms with van der Waals surface area (Å²) in [5, 5.41) is 6.48. The van der Waals surface area contributed by atoms with Gasteiger partial charge in [0.2, 0.25) is 0 Å². The summed E-state index contributed by atoms with van der Waals surface area (Å²) in [5.74, 6) is -0.468. The van der Waals surface area contributed by atoms with Crippen LogP contribution in [-0.2, 0) is 4.74 Å². The summed E-state index contributed by atoms with van der Waals surface area (Å²) in [6.07, 6.45) is 1.43. The van der Waals surface area contributed by atoms with Crippen LogP contribution in [0.25, 0.3) is 0 Å². The molecule has 0 unspecified atom stereocenters. The molecule has 0 aromatic rings. The molecule has 0 saturated heterocycles. The Labute approximate surface area is 158 Å². The summed E-state index contributed by atoms with van der Waals surface area (Å²) < 4.78 is 43.3. The lowest BCUT2D eigenvalue weighted by atomic mass is 9.85. The van der Waals surface area contributed by atoms with Crippen molar-refractivity contribution in [1.82, 2.24) is 10.6 Å². The van der Waals surface area contributed by atoms with Crippen molar-refractivity contribution < 1.29 is 17.9 Å². The fourth-order valence-electron chi connectivity index (χ4n) is 3.09. The maximum atomic E-state index is 12.7. The molecule has 1 aliphatic carbocycles. The second-order valence-corrected chi connectivity index (χ2v) is 6.17. The Hall–Kier alpha value is -0.510. The highest BCUT2D eigenvalue weighted by atomic mass is 127. The number of nitrogens with one attached hydrogen (secondary N) is 2. The summed E-state index contributed by atoms with van der Waals surface area (Å²) in [6, 6.07) is 0.0714. The lowest BCUT2D eigenvalue weighted by Crippen LogP contribution is -2.46. The fourth-order valence-corrected chi connectivity index (χ4v) is 3.09. The quantitative estimate of drug-likeness (QED) is 0.291. The number of hydrogen-bond acceptors (Lipinski definition) is 2. The van der Waals surface area contributed by atoms with Gasteiger partial charge < -0.3 is 15.4 Å². The van der Waals surface area contributed by atoms with Crippen molar-refractivity contribution in [3.8, 4) is 0 Å². The first kappa shape index (κ1) is 21.5. The van der Waals surface area contributed by atoms with Crippen LogP contribution in [0.5, 0.6) is 0 Å². The average molecular weight is 461 g/mol. The van der Waals surface area contributed by atoms with Gasteiger partial charge in [-0.2, -0.15) is 13.2 Å². The van der Waals surface area contributed by atoms with E-state index in [-0.39, 0.29) is 42.9 Å². The van der Waals surface area contributed by atoms with Crippen LogP contribution in [0, 0.1) is 5.92 Å². The largest absolute Gasteiger partial charge is 0.391 e. The molecule has 0 amide bonds. The van der Waals surface area contributed by atoms with E-state index in [1.165, 1.54) is 5.57 Å². The van der Waals surface area contributed by atoms with E-state index in [1.54, 1.807) is 7.05 Å². The Kier molecular flexibility index (Phi) is 9.40. The number of halogens is 4. The number of aliphatic imine (C=N–C) groups is 1. The highest BCUT2D eigenvalue weighted by Gasteiger charge is 2.41. The van der Waals surface area contributed by atoms with Gasteiger partial charge in [0.25, 0.3) is 0 Å². The molecule has 0 atom stereocenters. The van der Waals surface area contributed by atoms with E-state index in [1.807, 2.05) is 0 Å². The molecule has 24 heavy (non-hydrogen) atoms. The zero-order valence-electron chi connectivity index (χ0n) is 14.0. The number of ether oxygens (including phenoxy) is 1. The Morgan fingerprint density at radius 1 is 1.29 bits per heavy atom. The topological polar surface area (TPSA) is 45.7 Å². The zero-order valence-corrected chi connectivity index (χ0v) is 16.3. The van der Waals surface area contributed by atoms with Crippen molar-refractivity contribution in [3.63, 3.8) is 0 Å². The Morgan fingerprint density at radius 3 is 2.54 bits per heavy atom. The van der Waals surface area contributed by atoms with Gasteiger partial charge in [0.15, 0.2) is 5.96 Å². The molecule has 1 saturated carbocycles. The average Bonchev–Trinajstić information content (AvgIpc) is 2.54. The van der Waals surface area contributed by atoms with Crippen LogP contribution < -0.4 is 10.6 Å². The molecule has 1 fully saturated rings. The van der Waals surface area contributed by atoms with Crippen molar-refractivity contribution in [2.45, 2.75) is 50.7 Å². The minimum absolute atomic E-state index is 0. The molecule has 2 aliphatic rings. The Bertz CT molecular complexity index is 433. The summed E-state index contributed by atoms with van der Waals surface area (Å²) in [4.78, 5) is 4.16. The SMILES string of the molecule is CN=C(NCCC1=CCOCC1)NC1CCC(C(F)(F)F)CC1.I. The first-order valence-electron chi connectivity index (χ1n) is 8.28. The second kappa shape index (κ2) is 10.5. The van der Waals surface area contributed by atoms with Gasteiger partial charge in [-0.3, -0.25) is 4.99 Å². The second-order valence-electron chi connectivity index (χ2n) is 6.17. The smallest absolute Gasteiger partial charge is 0.377 e. The minimum Gasteiger partial charge on any atom is -0.377 e. The molecule has 2 N–H and O–H groups in total. The van der Waals surface area contributed by atoms with E-state index >= 15 is 0 Å². The van der Waals surface area contributed by atoms with E-state index in [4.69, 9.17) is 4.74 Å². The van der Waals surface area contributed by atoms with Gasteiger partial charge in [-0.1, -0.05) is 11.6 Å². The van der Waals surface area contributed by atoms with Gasteiger partial charge in [0, 0.05) is 19.6 Å². The predicted octanol–water partition coefficient (Wildman–Crippen LogP) is 3.63. The highest BCUT2D eigenvalue weighted by molar-refractivity contribution is 14.0. The van der Waals surface area contributed by atoms with Crippen molar-refractivity contribution in [3.05, 3.63) is 11.6 Å². The van der Waals surface area contributed by atoms with Gasteiger partial charge in [-0.15, -0.1) is 24.0 Å². The van der Waals surface area contributed by atoms with Gasteiger partial charge in [-0.25, -0.2) is 0 Å². The van der Waals surface area contributed by atoms with E-state index in [0.29, 0.717) is 25.4 Å². The van der Waals surface area contributed by atoms with E-state index in [2.05, 4.69) is 21.7 Å². The van der Waals surface area contributed by atoms with Crippen LogP contribution in [0.3, 0.4) is 0 Å². The van der Waals surface area contributed by atoms with Gasteiger partial charge in [0.1, 0.15) is 0 Å². The molecule has 2 rings (SSSR count). The first-order valence-corrected chi connectivity index (χ1v) is 8.28. The molecule has 0 radical (unpaired) electrons. The standard InChI is InChI=1S/C16H26F3N3O.HI/c1-20-15(21-9-6-12-7-10-23-11-8-12)22-14-4-2-13(3-5-14)16(17,18)19;/h7,13-14H,2-6,8-11H2,1H3,(H2,20,21,22);1H. The predicted molar refractivity (Wildman–Crippen MR) is 99.8 cm³/mol. The first-order chi connectivity index (χ1) is 11.0. The van der Waals surface area contributed by atoms with Crippen LogP contribution in [0.15, 0.2) is 16.6 Å². The van der Waals surface area contributed by atoms with Crippen LogP contribution in [-0.4, -0.2) is 45.0 Å². The number of guanidine groups is 1. The van der Waals surface area contributed by atoms with Crippen LogP contribution in [0.1, 0.15) is 38.5 Å². The summed E-state index contributed by atoms with van der Waals surface area (Å²) >= 11 is 0. The van der Waals surface area contributed by atoms with Crippen LogP contribution in [0.2, 0.25) is 0 Å². The molecule has 8 heteroatoms. The number of alkyl halides is 3. The molecular weight excluding hydrogens is 434 g/mol. The van der Waals surface area contributed by atoms with Crippen molar-refractivity contribution in [2.24, 2.45) is 10.9 Å². The zero-order chi connectivity index (χ0) is 16.7. The molecule has 0 bridgehead atoms. The minimum atomic E-state index is -4.05. The summed E-state index contributed by atoms with van der Waals surface area (Å²) in [7, 11) is 1.68. The van der Waals surface area contributed by atoms with Crippen molar-refractivity contribution >= 4 is 29.9 Å². The third-order valence-electron chi connectivity index (χ3n) is 4.55. The fraction of sp³-hybridized carbons (Fsp3) is 0.812. The lowest BCUT2D eigenvalue weighted by molar-refractivity contribution is -0.182. The summed E-state index contributed by atoms with van der Waals surface area (Å²) in [6.45, 7) is 2.23. The number of hydrogen-bond donors (Lipinski definition) is 2. The Morgan fingerprint density at radius 2 is 2.00 bits per heavy atom. The molecular formula is C16H27F3IN3O. The maximum absolute atomic E-state index is 12.7. The Balaban J connectivity index is 0.00000288. The lowest BCUT2D eigenvalue weighted by Gasteiger charge is -2.31. The summed E-state index contributed by atoms with van der Waals surface area (Å²) in [5.41, 5.74) is 1.38. The van der Waals surface area contributed by atoms with E-state index < -0.39 is 12.1 Å². The van der Waals surface area contributed by atoms with E-state index in [0.717, 1.165) is 26.0 Å². The van der Waals surface area contributed by atoms with Gasteiger partial charge >= 0.3 is 6.18 Å². The molecule has 0 spiro atoms. The molecule has 0 aromatic carbocycles. The number of rotatable bonds is 4. The maximum Gasteiger partial charge on any atom is 0.391 e. The van der Waals surface area contributed by atoms with Crippen LogP contribution >= 0.6 is 24.0 Å². The monoisotopic (exact) mass is 461 g/mol. The van der Waals surface area contributed by atoms with Gasteiger partial charge in [0.05, 0.1) is 19.1 Å². The third kappa shape index (κ3) is 7.16. The highest BCUT2D eigenvalue weighted by Crippen LogP contribution is 2.37. The normalized spacial score (nSPS) is 25.5. The molecule has 140 valence electrons. The molecule has 0 aromatic heterocycles. The van der Waals surface area contributed by atoms with Gasteiger partial charge in [-0.05, 0) is 38.5 Å². The number of nitrogens with zero attached hydrogens (tertiary/aromatic N) is 1. The molecule has 4 nitrogen and oxygen atoms in total. The molecule has 1 heterocycles. The van der Waals surface area contributed by atoms with Crippen molar-refractivity contribution in [1.29, 1.82) is 0 Å². The van der Waals surface area contributed by atoms with Crippen molar-refractivity contribution in [2.75, 3.05) is 26.8 Å². The van der Waals surface area contributed by atoms with E-state index in [9.17, 15) is 13.2 Å². The molecule has 1 aliphatic heterocycles.